The SMILES string of the molecule is c1ccc2c(c1)ccn1c3ncncc3nc21. The number of rotatable bonds is 0. The zero-order chi connectivity index (χ0) is 11.2. The summed E-state index contributed by atoms with van der Waals surface area (Å²) in [5, 5.41) is 2.32. The molecule has 0 N–H and O–H groups in total. The maximum Gasteiger partial charge on any atom is 0.167 e. The lowest BCUT2D eigenvalue weighted by Crippen LogP contribution is -1.87. The Morgan fingerprint density at radius 3 is 2.94 bits per heavy atom. The molecule has 0 bridgehead atoms. The van der Waals surface area contributed by atoms with Crippen LogP contribution in [0.4, 0.5) is 0 Å². The molecule has 0 amide bonds. The summed E-state index contributed by atoms with van der Waals surface area (Å²) in [6, 6.07) is 10.3. The van der Waals surface area contributed by atoms with E-state index < -0.39 is 0 Å². The Hall–Kier alpha value is -2.49. The third kappa shape index (κ3) is 1.09. The van der Waals surface area contributed by atoms with Crippen LogP contribution in [-0.2, 0) is 0 Å². The molecule has 0 aliphatic rings. The number of benzene rings is 1. The summed E-state index contributed by atoms with van der Waals surface area (Å²) in [5.41, 5.74) is 2.60. The van der Waals surface area contributed by atoms with Crippen LogP contribution >= 0.6 is 0 Å². The summed E-state index contributed by atoms with van der Waals surface area (Å²) < 4.78 is 2.00. The van der Waals surface area contributed by atoms with Crippen molar-refractivity contribution in [2.45, 2.75) is 0 Å². The fourth-order valence-corrected chi connectivity index (χ4v) is 2.18. The van der Waals surface area contributed by atoms with Crippen molar-refractivity contribution in [3.63, 3.8) is 0 Å². The largest absolute Gasteiger partial charge is 0.283 e. The lowest BCUT2D eigenvalue weighted by Gasteiger charge is -1.99. The van der Waals surface area contributed by atoms with E-state index in [9.17, 15) is 0 Å². The van der Waals surface area contributed by atoms with Gasteiger partial charge in [-0.25, -0.2) is 15.0 Å². The molecule has 3 aromatic heterocycles. The van der Waals surface area contributed by atoms with Crippen molar-refractivity contribution in [3.8, 4) is 0 Å². The summed E-state index contributed by atoms with van der Waals surface area (Å²) >= 11 is 0. The Labute approximate surface area is 96.6 Å². The third-order valence-corrected chi connectivity index (χ3v) is 2.96. The van der Waals surface area contributed by atoms with Gasteiger partial charge in [0.2, 0.25) is 0 Å². The van der Waals surface area contributed by atoms with E-state index in [4.69, 9.17) is 0 Å². The Kier molecular flexibility index (Phi) is 1.53. The van der Waals surface area contributed by atoms with E-state index in [0.717, 1.165) is 22.2 Å². The summed E-state index contributed by atoms with van der Waals surface area (Å²) in [4.78, 5) is 12.8. The molecule has 0 aliphatic carbocycles. The summed E-state index contributed by atoms with van der Waals surface area (Å²) in [6.07, 6.45) is 5.29. The first-order valence-electron chi connectivity index (χ1n) is 5.39. The van der Waals surface area contributed by atoms with Crippen LogP contribution in [0.15, 0.2) is 49.1 Å². The molecule has 3 heterocycles. The minimum absolute atomic E-state index is 0.823. The van der Waals surface area contributed by atoms with E-state index >= 15 is 0 Å². The van der Waals surface area contributed by atoms with E-state index in [2.05, 4.69) is 33.2 Å². The Balaban J connectivity index is 2.34. The average molecular weight is 220 g/mol. The van der Waals surface area contributed by atoms with Crippen molar-refractivity contribution in [1.29, 1.82) is 0 Å². The van der Waals surface area contributed by atoms with Crippen molar-refractivity contribution in [1.82, 2.24) is 19.4 Å². The highest BCUT2D eigenvalue weighted by molar-refractivity contribution is 5.97. The van der Waals surface area contributed by atoms with Gasteiger partial charge in [0.1, 0.15) is 17.5 Å². The monoisotopic (exact) mass is 220 g/mol. The molecular formula is C13H8N4. The molecular weight excluding hydrogens is 212 g/mol. The number of hydrogen-bond acceptors (Lipinski definition) is 3. The second kappa shape index (κ2) is 3.01. The van der Waals surface area contributed by atoms with Gasteiger partial charge in [-0.05, 0) is 11.5 Å². The van der Waals surface area contributed by atoms with Gasteiger partial charge < -0.3 is 0 Å². The fourth-order valence-electron chi connectivity index (χ4n) is 2.18. The molecule has 17 heavy (non-hydrogen) atoms. The van der Waals surface area contributed by atoms with Crippen LogP contribution in [0, 0.1) is 0 Å². The molecule has 0 atom stereocenters. The molecule has 4 rings (SSSR count). The minimum Gasteiger partial charge on any atom is -0.283 e. The van der Waals surface area contributed by atoms with Gasteiger partial charge >= 0.3 is 0 Å². The number of fused-ring (bicyclic) bond motifs is 5. The third-order valence-electron chi connectivity index (χ3n) is 2.96. The molecule has 80 valence electrons. The normalized spacial score (nSPS) is 11.5. The lowest BCUT2D eigenvalue weighted by molar-refractivity contribution is 1.15. The van der Waals surface area contributed by atoms with Crippen LogP contribution in [0.25, 0.3) is 27.6 Å². The van der Waals surface area contributed by atoms with E-state index in [0.29, 0.717) is 0 Å². The summed E-state index contributed by atoms with van der Waals surface area (Å²) in [7, 11) is 0. The van der Waals surface area contributed by atoms with Crippen molar-refractivity contribution < 1.29 is 0 Å². The van der Waals surface area contributed by atoms with Gasteiger partial charge in [0.05, 0.1) is 6.20 Å². The first-order chi connectivity index (χ1) is 8.43. The Morgan fingerprint density at radius 2 is 1.94 bits per heavy atom. The zero-order valence-electron chi connectivity index (χ0n) is 8.91. The van der Waals surface area contributed by atoms with Crippen molar-refractivity contribution in [2.75, 3.05) is 0 Å². The van der Waals surface area contributed by atoms with Crippen LogP contribution in [0.5, 0.6) is 0 Å². The Morgan fingerprint density at radius 1 is 1.00 bits per heavy atom. The highest BCUT2D eigenvalue weighted by atomic mass is 15.1. The maximum absolute atomic E-state index is 4.58. The molecule has 0 saturated carbocycles. The number of nitrogens with zero attached hydrogens (tertiary/aromatic N) is 4. The summed E-state index contributed by atoms with van der Waals surface area (Å²) in [5.74, 6) is 0. The summed E-state index contributed by atoms with van der Waals surface area (Å²) in [6.45, 7) is 0. The molecule has 0 unspecified atom stereocenters. The highest BCUT2D eigenvalue weighted by Gasteiger charge is 2.07. The van der Waals surface area contributed by atoms with Gasteiger partial charge in [0.15, 0.2) is 5.65 Å². The number of imidazole rings is 1. The van der Waals surface area contributed by atoms with Gasteiger partial charge in [0.25, 0.3) is 0 Å². The van der Waals surface area contributed by atoms with Crippen molar-refractivity contribution >= 4 is 27.6 Å². The lowest BCUT2D eigenvalue weighted by atomic mass is 10.2. The van der Waals surface area contributed by atoms with E-state index in [1.54, 1.807) is 12.5 Å². The van der Waals surface area contributed by atoms with Gasteiger partial charge in [0, 0.05) is 11.6 Å². The number of pyridine rings is 1. The van der Waals surface area contributed by atoms with Gasteiger partial charge in [-0.2, -0.15) is 0 Å². The topological polar surface area (TPSA) is 43.1 Å². The molecule has 0 spiro atoms. The van der Waals surface area contributed by atoms with Crippen LogP contribution in [0.1, 0.15) is 0 Å². The van der Waals surface area contributed by atoms with Crippen LogP contribution in [0.3, 0.4) is 0 Å². The van der Waals surface area contributed by atoms with Crippen LogP contribution in [0.2, 0.25) is 0 Å². The standard InChI is InChI=1S/C13H8N4/c1-2-4-10-9(3-1)5-6-17-12(10)16-11-7-14-8-15-13(11)17/h1-8H. The van der Waals surface area contributed by atoms with E-state index in [1.165, 1.54) is 5.39 Å². The fraction of sp³-hybridized carbons (Fsp3) is 0. The molecule has 1 aromatic carbocycles. The van der Waals surface area contributed by atoms with Crippen molar-refractivity contribution in [2.24, 2.45) is 0 Å². The molecule has 4 nitrogen and oxygen atoms in total. The van der Waals surface area contributed by atoms with E-state index in [1.807, 2.05) is 22.7 Å². The van der Waals surface area contributed by atoms with Gasteiger partial charge in [-0.1, -0.05) is 24.3 Å². The second-order valence-corrected chi connectivity index (χ2v) is 3.94. The Bertz CT molecular complexity index is 848. The zero-order valence-corrected chi connectivity index (χ0v) is 8.91. The number of aromatic nitrogens is 4. The molecule has 0 radical (unpaired) electrons. The molecule has 0 saturated heterocycles. The second-order valence-electron chi connectivity index (χ2n) is 3.94. The molecule has 0 aliphatic heterocycles. The smallest absolute Gasteiger partial charge is 0.167 e. The van der Waals surface area contributed by atoms with Gasteiger partial charge in [-0.3, -0.25) is 4.40 Å². The predicted molar refractivity (Wildman–Crippen MR) is 65.8 cm³/mol. The molecule has 4 heteroatoms. The van der Waals surface area contributed by atoms with Crippen LogP contribution in [-0.4, -0.2) is 19.4 Å². The highest BCUT2D eigenvalue weighted by Crippen LogP contribution is 2.22. The molecule has 0 fully saturated rings. The number of hydrogen-bond donors (Lipinski definition) is 0. The van der Waals surface area contributed by atoms with Gasteiger partial charge in [-0.15, -0.1) is 0 Å². The first kappa shape index (κ1) is 8.64. The van der Waals surface area contributed by atoms with Crippen molar-refractivity contribution in [3.05, 3.63) is 49.1 Å². The molecule has 4 aromatic rings. The predicted octanol–water partition coefficient (Wildman–Crippen LogP) is 2.43. The maximum atomic E-state index is 4.58. The first-order valence-corrected chi connectivity index (χ1v) is 5.39. The van der Waals surface area contributed by atoms with Crippen LogP contribution < -0.4 is 0 Å². The minimum atomic E-state index is 0.823. The van der Waals surface area contributed by atoms with E-state index in [-0.39, 0.29) is 0 Å². The quantitative estimate of drug-likeness (QED) is 0.457. The average Bonchev–Trinajstić information content (AvgIpc) is 2.78.